The van der Waals surface area contributed by atoms with E-state index >= 15 is 0 Å². The molecule has 0 saturated heterocycles. The van der Waals surface area contributed by atoms with E-state index in [0.717, 1.165) is 30.1 Å². The predicted molar refractivity (Wildman–Crippen MR) is 131 cm³/mol. The molecule has 1 aliphatic heterocycles. The molecular formula is C25H26N4O4S. The SMILES string of the molecule is COc1ccc(CN2CCc3nc(SCC(=O)Nc4ccc(C(C)=O)cc4)[nH]c(=O)c3C2)cc1. The summed E-state index contributed by atoms with van der Waals surface area (Å²) in [4.78, 5) is 46.0. The largest absolute Gasteiger partial charge is 0.497 e. The van der Waals surface area contributed by atoms with Gasteiger partial charge in [-0.3, -0.25) is 19.3 Å². The Bertz CT molecular complexity index is 1240. The Labute approximate surface area is 201 Å². The van der Waals surface area contributed by atoms with Crippen LogP contribution < -0.4 is 15.6 Å². The number of aromatic nitrogens is 2. The number of thioether (sulfide) groups is 1. The minimum absolute atomic E-state index is 0.0280. The number of hydrogen-bond acceptors (Lipinski definition) is 7. The van der Waals surface area contributed by atoms with Crippen LogP contribution in [0.5, 0.6) is 5.75 Å². The van der Waals surface area contributed by atoms with Gasteiger partial charge in [-0.25, -0.2) is 4.98 Å². The Morgan fingerprint density at radius 3 is 2.56 bits per heavy atom. The van der Waals surface area contributed by atoms with Crippen molar-refractivity contribution in [3.05, 3.63) is 81.3 Å². The lowest BCUT2D eigenvalue weighted by Crippen LogP contribution is -2.35. The number of amides is 1. The number of benzene rings is 2. The van der Waals surface area contributed by atoms with Crippen LogP contribution in [0, 0.1) is 0 Å². The Hall–Kier alpha value is -3.43. The number of nitrogens with zero attached hydrogens (tertiary/aromatic N) is 2. The maximum Gasteiger partial charge on any atom is 0.256 e. The van der Waals surface area contributed by atoms with Crippen LogP contribution in [-0.2, 0) is 24.3 Å². The van der Waals surface area contributed by atoms with Gasteiger partial charge in [0, 0.05) is 37.3 Å². The number of anilines is 1. The molecule has 1 aliphatic rings. The lowest BCUT2D eigenvalue weighted by atomic mass is 10.1. The first kappa shape index (κ1) is 23.7. The standard InChI is InChI=1S/C25H26N4O4S/c1-16(30)18-5-7-19(8-6-18)26-23(31)15-34-25-27-22-11-12-29(14-21(22)24(32)28-25)13-17-3-9-20(33-2)10-4-17/h3-10H,11-15H2,1-2H3,(H,26,31)(H,27,28,32). The molecule has 0 bridgehead atoms. The first-order valence-electron chi connectivity index (χ1n) is 10.9. The second-order valence-electron chi connectivity index (χ2n) is 8.08. The number of hydrogen-bond donors (Lipinski definition) is 2. The number of carbonyl (C=O) groups is 2. The van der Waals surface area contributed by atoms with Crippen molar-refractivity contribution >= 4 is 29.1 Å². The Kier molecular flexibility index (Phi) is 7.44. The second kappa shape index (κ2) is 10.7. The number of rotatable bonds is 8. The van der Waals surface area contributed by atoms with Crippen molar-refractivity contribution in [1.82, 2.24) is 14.9 Å². The summed E-state index contributed by atoms with van der Waals surface area (Å²) in [5, 5.41) is 3.23. The summed E-state index contributed by atoms with van der Waals surface area (Å²) in [6.45, 7) is 3.57. The van der Waals surface area contributed by atoms with E-state index in [-0.39, 0.29) is 23.0 Å². The number of H-pyrrole nitrogens is 1. The fourth-order valence-electron chi connectivity index (χ4n) is 3.77. The highest BCUT2D eigenvalue weighted by Crippen LogP contribution is 2.21. The minimum atomic E-state index is -0.216. The molecule has 1 aromatic heterocycles. The average molecular weight is 479 g/mol. The van der Waals surface area contributed by atoms with Crippen LogP contribution in [-0.4, -0.2) is 46.0 Å². The van der Waals surface area contributed by atoms with Gasteiger partial charge >= 0.3 is 0 Å². The van der Waals surface area contributed by atoms with Crippen molar-refractivity contribution in [1.29, 1.82) is 0 Å². The third-order valence-electron chi connectivity index (χ3n) is 5.61. The zero-order valence-electron chi connectivity index (χ0n) is 19.1. The predicted octanol–water partition coefficient (Wildman–Crippen LogP) is 3.27. The van der Waals surface area contributed by atoms with E-state index < -0.39 is 0 Å². The number of fused-ring (bicyclic) bond motifs is 1. The fourth-order valence-corrected chi connectivity index (χ4v) is 4.45. The highest BCUT2D eigenvalue weighted by atomic mass is 32.2. The summed E-state index contributed by atoms with van der Waals surface area (Å²) in [5.41, 5.74) is 3.66. The van der Waals surface area contributed by atoms with Crippen LogP contribution in [0.2, 0.25) is 0 Å². The Morgan fingerprint density at radius 2 is 1.88 bits per heavy atom. The first-order chi connectivity index (χ1) is 16.4. The third-order valence-corrected chi connectivity index (χ3v) is 6.48. The normalized spacial score (nSPS) is 13.2. The highest BCUT2D eigenvalue weighted by molar-refractivity contribution is 7.99. The molecule has 8 nitrogen and oxygen atoms in total. The number of aromatic amines is 1. The average Bonchev–Trinajstić information content (AvgIpc) is 2.84. The zero-order valence-corrected chi connectivity index (χ0v) is 19.9. The maximum atomic E-state index is 12.7. The maximum absolute atomic E-state index is 12.7. The number of ketones is 1. The quantitative estimate of drug-likeness (QED) is 0.291. The topological polar surface area (TPSA) is 104 Å². The summed E-state index contributed by atoms with van der Waals surface area (Å²) in [6.07, 6.45) is 0.678. The molecule has 0 atom stereocenters. The first-order valence-corrected chi connectivity index (χ1v) is 11.9. The molecular weight excluding hydrogens is 452 g/mol. The van der Waals surface area contributed by atoms with Crippen molar-refractivity contribution in [2.24, 2.45) is 0 Å². The number of carbonyl (C=O) groups excluding carboxylic acids is 2. The van der Waals surface area contributed by atoms with E-state index in [1.54, 1.807) is 31.4 Å². The lowest BCUT2D eigenvalue weighted by Gasteiger charge is -2.27. The van der Waals surface area contributed by atoms with Gasteiger partial charge in [-0.05, 0) is 48.9 Å². The van der Waals surface area contributed by atoms with Gasteiger partial charge in [0.1, 0.15) is 5.75 Å². The van der Waals surface area contributed by atoms with Crippen molar-refractivity contribution in [3.63, 3.8) is 0 Å². The Morgan fingerprint density at radius 1 is 1.15 bits per heavy atom. The summed E-state index contributed by atoms with van der Waals surface area (Å²) in [5.74, 6) is 0.684. The van der Waals surface area contributed by atoms with Crippen molar-refractivity contribution in [2.45, 2.75) is 31.6 Å². The zero-order chi connectivity index (χ0) is 24.1. The molecule has 34 heavy (non-hydrogen) atoms. The van der Waals surface area contributed by atoms with Crippen LogP contribution in [0.25, 0.3) is 0 Å². The summed E-state index contributed by atoms with van der Waals surface area (Å²) < 4.78 is 5.20. The molecule has 2 aromatic carbocycles. The highest BCUT2D eigenvalue weighted by Gasteiger charge is 2.21. The smallest absolute Gasteiger partial charge is 0.256 e. The van der Waals surface area contributed by atoms with Gasteiger partial charge in [0.25, 0.3) is 5.56 Å². The molecule has 4 rings (SSSR count). The van der Waals surface area contributed by atoms with Crippen molar-refractivity contribution in [3.8, 4) is 5.75 Å². The van der Waals surface area contributed by atoms with E-state index in [1.807, 2.05) is 24.3 Å². The molecule has 0 unspecified atom stereocenters. The molecule has 2 heterocycles. The molecule has 1 amide bonds. The molecule has 0 aliphatic carbocycles. The second-order valence-corrected chi connectivity index (χ2v) is 9.04. The van der Waals surface area contributed by atoms with E-state index in [4.69, 9.17) is 4.74 Å². The minimum Gasteiger partial charge on any atom is -0.497 e. The van der Waals surface area contributed by atoms with E-state index in [0.29, 0.717) is 34.9 Å². The van der Waals surface area contributed by atoms with Gasteiger partial charge in [-0.2, -0.15) is 0 Å². The third kappa shape index (κ3) is 5.92. The van der Waals surface area contributed by atoms with Crippen LogP contribution in [0.3, 0.4) is 0 Å². The number of Topliss-reactive ketones (excluding diaryl/α,β-unsaturated/α-hetero) is 1. The number of ether oxygens (including phenoxy) is 1. The van der Waals surface area contributed by atoms with E-state index in [9.17, 15) is 14.4 Å². The Balaban J connectivity index is 1.33. The van der Waals surface area contributed by atoms with Crippen molar-refractivity contribution < 1.29 is 14.3 Å². The van der Waals surface area contributed by atoms with Crippen molar-refractivity contribution in [2.75, 3.05) is 24.7 Å². The fraction of sp³-hybridized carbons (Fsp3) is 0.280. The summed E-state index contributed by atoms with van der Waals surface area (Å²) in [6, 6.07) is 14.6. The van der Waals surface area contributed by atoms with Crippen LogP contribution in [0.1, 0.15) is 34.1 Å². The van der Waals surface area contributed by atoms with E-state index in [1.165, 1.54) is 18.7 Å². The van der Waals surface area contributed by atoms with Gasteiger partial charge in [0.05, 0.1) is 24.1 Å². The molecule has 9 heteroatoms. The van der Waals surface area contributed by atoms with Gasteiger partial charge in [0.2, 0.25) is 5.91 Å². The van der Waals surface area contributed by atoms with Crippen LogP contribution >= 0.6 is 11.8 Å². The molecule has 3 aromatic rings. The number of nitrogens with one attached hydrogen (secondary N) is 2. The van der Waals surface area contributed by atoms with Crippen LogP contribution in [0.4, 0.5) is 5.69 Å². The summed E-state index contributed by atoms with van der Waals surface area (Å²) >= 11 is 1.19. The molecule has 0 fully saturated rings. The van der Waals surface area contributed by atoms with Crippen LogP contribution in [0.15, 0.2) is 58.5 Å². The van der Waals surface area contributed by atoms with Gasteiger partial charge in [-0.15, -0.1) is 0 Å². The molecule has 0 radical (unpaired) electrons. The molecule has 0 saturated carbocycles. The molecule has 176 valence electrons. The molecule has 2 N–H and O–H groups in total. The monoisotopic (exact) mass is 478 g/mol. The summed E-state index contributed by atoms with van der Waals surface area (Å²) in [7, 11) is 1.64. The van der Waals surface area contributed by atoms with Gasteiger partial charge < -0.3 is 15.0 Å². The van der Waals surface area contributed by atoms with Gasteiger partial charge in [-0.1, -0.05) is 23.9 Å². The number of methoxy groups -OCH3 is 1. The molecule has 0 spiro atoms. The lowest BCUT2D eigenvalue weighted by molar-refractivity contribution is -0.113. The van der Waals surface area contributed by atoms with E-state index in [2.05, 4.69) is 20.2 Å². The van der Waals surface area contributed by atoms with Gasteiger partial charge in [0.15, 0.2) is 10.9 Å².